The molecule has 0 spiro atoms. The smallest absolute Gasteiger partial charge is 0.230 e. The van der Waals surface area contributed by atoms with Crippen molar-refractivity contribution in [3.8, 4) is 16.9 Å². The molecule has 0 N–H and O–H groups in total. The van der Waals surface area contributed by atoms with Gasteiger partial charge in [0, 0.05) is 28.8 Å². The van der Waals surface area contributed by atoms with Crippen LogP contribution in [0.3, 0.4) is 0 Å². The predicted molar refractivity (Wildman–Crippen MR) is 139 cm³/mol. The fraction of sp³-hybridized carbons (Fsp3) is 0.0345. The van der Waals surface area contributed by atoms with Crippen LogP contribution in [-0.2, 0) is 0 Å². The van der Waals surface area contributed by atoms with Gasteiger partial charge in [-0.05, 0) is 47.5 Å². The van der Waals surface area contributed by atoms with Gasteiger partial charge in [0.1, 0.15) is 5.82 Å². The second-order valence-corrected chi connectivity index (χ2v) is 8.30. The molecule has 0 amide bonds. The van der Waals surface area contributed by atoms with E-state index < -0.39 is 0 Å². The first kappa shape index (κ1) is 18.4. The largest absolute Gasteiger partial charge is 0.294 e. The number of benzene rings is 3. The lowest BCUT2D eigenvalue weighted by atomic mass is 9.44. The first-order valence-electron chi connectivity index (χ1n) is 11.7. The number of pyridine rings is 2. The lowest BCUT2D eigenvalue weighted by Crippen LogP contribution is -2.40. The van der Waals surface area contributed by atoms with Crippen LogP contribution in [-0.4, -0.2) is 21.2 Å². The van der Waals surface area contributed by atoms with Gasteiger partial charge < -0.3 is 0 Å². The number of para-hydroxylation sites is 1. The van der Waals surface area contributed by atoms with Crippen molar-refractivity contribution in [1.29, 1.82) is 0 Å². The summed E-state index contributed by atoms with van der Waals surface area (Å²) in [5.74, 6) is 0.914. The molecule has 6 aromatic rings. The van der Waals surface area contributed by atoms with Crippen LogP contribution in [0.2, 0.25) is 6.82 Å². The Labute approximate surface area is 194 Å². The highest BCUT2D eigenvalue weighted by Crippen LogP contribution is 2.34. The average molecular weight is 424 g/mol. The molecule has 0 aliphatic heterocycles. The van der Waals surface area contributed by atoms with E-state index in [1.54, 1.807) is 12.3 Å². The first-order chi connectivity index (χ1) is 16.7. The van der Waals surface area contributed by atoms with Crippen molar-refractivity contribution in [3.05, 3.63) is 115 Å². The molecule has 3 nitrogen and oxygen atoms in total. The standard InChI is InChI=1S/C29H22BN3/c1-30(28-13-4-6-17-31-28)23-10-8-9-21(19-23)22-15-16-25-24-11-2-3-12-26(24)33(27(25)20-22)29-14-5-7-18-32-29/h2-20H,1H3/i6D. The molecule has 3 heterocycles. The maximum atomic E-state index is 7.70. The number of fused-ring (bicyclic) bond motifs is 3. The molecule has 0 aliphatic carbocycles. The summed E-state index contributed by atoms with van der Waals surface area (Å²) in [6, 6.07) is 34.0. The number of hydrogen-bond donors (Lipinski definition) is 0. The average Bonchev–Trinajstić information content (AvgIpc) is 3.23. The molecular formula is C29H22BN3. The van der Waals surface area contributed by atoms with E-state index in [4.69, 9.17) is 1.37 Å². The van der Waals surface area contributed by atoms with Gasteiger partial charge in [-0.2, -0.15) is 0 Å². The van der Waals surface area contributed by atoms with Gasteiger partial charge in [0.25, 0.3) is 0 Å². The molecule has 3 aromatic heterocycles. The minimum absolute atomic E-state index is 0.143. The highest BCUT2D eigenvalue weighted by atomic mass is 15.1. The van der Waals surface area contributed by atoms with Gasteiger partial charge in [-0.15, -0.1) is 0 Å². The van der Waals surface area contributed by atoms with Crippen LogP contribution in [0.15, 0.2) is 115 Å². The second kappa shape index (κ2) is 8.07. The topological polar surface area (TPSA) is 30.7 Å². The Kier molecular flexibility index (Phi) is 4.50. The van der Waals surface area contributed by atoms with E-state index in [2.05, 4.69) is 94.2 Å². The minimum atomic E-state index is 0.143. The van der Waals surface area contributed by atoms with Crippen molar-refractivity contribution in [3.63, 3.8) is 0 Å². The molecule has 0 saturated heterocycles. The fourth-order valence-corrected chi connectivity index (χ4v) is 4.63. The molecule has 33 heavy (non-hydrogen) atoms. The molecule has 0 saturated carbocycles. The molecule has 0 bridgehead atoms. The van der Waals surface area contributed by atoms with Crippen LogP contribution in [0.5, 0.6) is 0 Å². The highest BCUT2D eigenvalue weighted by molar-refractivity contribution is 6.83. The van der Waals surface area contributed by atoms with E-state index in [1.165, 1.54) is 21.8 Å². The molecule has 4 heteroatoms. The SMILES string of the molecule is [2H]c1ccc(B(C)c2cccc(-c3ccc4c5ccccc5n(-c5ccccn5)c4c3)c2)nc1. The zero-order valence-corrected chi connectivity index (χ0v) is 18.3. The van der Waals surface area contributed by atoms with Gasteiger partial charge in [0.15, 0.2) is 0 Å². The second-order valence-electron chi connectivity index (χ2n) is 8.30. The fourth-order valence-electron chi connectivity index (χ4n) is 4.63. The normalized spacial score (nSPS) is 11.6. The summed E-state index contributed by atoms with van der Waals surface area (Å²) < 4.78 is 9.94. The van der Waals surface area contributed by atoms with Gasteiger partial charge in [-0.1, -0.05) is 79.0 Å². The van der Waals surface area contributed by atoms with Crippen LogP contribution < -0.4 is 11.1 Å². The van der Waals surface area contributed by atoms with Crippen LogP contribution in [0, 0.1) is 0 Å². The molecule has 6 rings (SSSR count). The Morgan fingerprint density at radius 2 is 1.55 bits per heavy atom. The lowest BCUT2D eigenvalue weighted by Gasteiger charge is -2.11. The molecule has 0 unspecified atom stereocenters. The summed E-state index contributed by atoms with van der Waals surface area (Å²) in [7, 11) is 0. The van der Waals surface area contributed by atoms with E-state index in [9.17, 15) is 0 Å². The summed E-state index contributed by atoms with van der Waals surface area (Å²) in [4.78, 5) is 9.11. The highest BCUT2D eigenvalue weighted by Gasteiger charge is 2.16. The Morgan fingerprint density at radius 3 is 2.39 bits per heavy atom. The predicted octanol–water partition coefficient (Wildman–Crippen LogP) is 5.48. The molecule has 0 fully saturated rings. The maximum Gasteiger partial charge on any atom is 0.230 e. The Bertz CT molecular complexity index is 1630. The third kappa shape index (κ3) is 3.40. The zero-order valence-electron chi connectivity index (χ0n) is 19.3. The van der Waals surface area contributed by atoms with Gasteiger partial charge >= 0.3 is 0 Å². The van der Waals surface area contributed by atoms with E-state index >= 15 is 0 Å². The van der Waals surface area contributed by atoms with E-state index in [-0.39, 0.29) is 6.71 Å². The van der Waals surface area contributed by atoms with Gasteiger partial charge in [0.05, 0.1) is 12.4 Å². The number of hydrogen-bond acceptors (Lipinski definition) is 2. The van der Waals surface area contributed by atoms with E-state index in [1.807, 2.05) is 24.4 Å². The van der Waals surface area contributed by atoms with Crippen molar-refractivity contribution in [2.75, 3.05) is 0 Å². The monoisotopic (exact) mass is 424 g/mol. The van der Waals surface area contributed by atoms with Crippen LogP contribution in [0.25, 0.3) is 38.8 Å². The van der Waals surface area contributed by atoms with Gasteiger partial charge in [-0.3, -0.25) is 9.55 Å². The number of nitrogens with zero attached hydrogens (tertiary/aromatic N) is 3. The number of rotatable bonds is 4. The maximum absolute atomic E-state index is 7.70. The van der Waals surface area contributed by atoms with Crippen molar-refractivity contribution < 1.29 is 1.37 Å². The molecule has 156 valence electrons. The van der Waals surface area contributed by atoms with E-state index in [0.29, 0.717) is 6.04 Å². The van der Waals surface area contributed by atoms with Crippen molar-refractivity contribution >= 4 is 39.6 Å². The van der Waals surface area contributed by atoms with Crippen molar-refractivity contribution in [2.24, 2.45) is 0 Å². The quantitative estimate of drug-likeness (QED) is 0.351. The third-order valence-electron chi connectivity index (χ3n) is 6.35. The van der Waals surface area contributed by atoms with Crippen LogP contribution in [0.4, 0.5) is 0 Å². The summed E-state index contributed by atoms with van der Waals surface area (Å²) in [6.45, 7) is 2.30. The lowest BCUT2D eigenvalue weighted by molar-refractivity contribution is 1.08. The molecule has 0 radical (unpaired) electrons. The summed E-state index contributed by atoms with van der Waals surface area (Å²) in [5, 5.41) is 2.44. The minimum Gasteiger partial charge on any atom is -0.294 e. The number of aromatic nitrogens is 3. The van der Waals surface area contributed by atoms with Crippen LogP contribution >= 0.6 is 0 Å². The Hall–Kier alpha value is -4.18. The third-order valence-corrected chi connectivity index (χ3v) is 6.35. The van der Waals surface area contributed by atoms with E-state index in [0.717, 1.165) is 28.0 Å². The summed E-state index contributed by atoms with van der Waals surface area (Å²) in [5.41, 5.74) is 6.80. The summed E-state index contributed by atoms with van der Waals surface area (Å²) in [6.07, 6.45) is 3.45. The molecule has 0 aliphatic rings. The Balaban J connectivity index is 1.49. The Morgan fingerprint density at radius 1 is 0.697 bits per heavy atom. The van der Waals surface area contributed by atoms with Crippen molar-refractivity contribution in [1.82, 2.24) is 14.5 Å². The van der Waals surface area contributed by atoms with Crippen LogP contribution in [0.1, 0.15) is 1.37 Å². The first-order valence-corrected chi connectivity index (χ1v) is 11.2. The van der Waals surface area contributed by atoms with Crippen molar-refractivity contribution in [2.45, 2.75) is 6.82 Å². The summed E-state index contributed by atoms with van der Waals surface area (Å²) >= 11 is 0. The van der Waals surface area contributed by atoms with Gasteiger partial charge in [0.2, 0.25) is 6.71 Å². The molecule has 3 aromatic carbocycles. The zero-order chi connectivity index (χ0) is 23.1. The molecular weight excluding hydrogens is 401 g/mol. The van der Waals surface area contributed by atoms with Gasteiger partial charge in [-0.25, -0.2) is 4.98 Å². The molecule has 0 atom stereocenters.